The van der Waals surface area contributed by atoms with Gasteiger partial charge >= 0.3 is 5.97 Å². The fourth-order valence-electron chi connectivity index (χ4n) is 3.82. The summed E-state index contributed by atoms with van der Waals surface area (Å²) in [5.41, 5.74) is 3.15. The smallest absolute Gasteiger partial charge is 0.340 e. The number of Topliss-reactive ketones (excluding diaryl/α,β-unsaturated/α-hetero) is 1. The summed E-state index contributed by atoms with van der Waals surface area (Å²) in [5.74, 6) is -2.16. The van der Waals surface area contributed by atoms with Gasteiger partial charge in [-0.2, -0.15) is 0 Å². The van der Waals surface area contributed by atoms with Crippen molar-refractivity contribution in [2.75, 3.05) is 19.7 Å². The number of nitrogens with zero attached hydrogens (tertiary/aromatic N) is 2. The molecule has 0 spiro atoms. The minimum Gasteiger partial charge on any atom is -0.454 e. The van der Waals surface area contributed by atoms with Crippen molar-refractivity contribution in [3.63, 3.8) is 0 Å². The highest BCUT2D eigenvalue weighted by molar-refractivity contribution is 9.10. The molecule has 1 aromatic rings. The Morgan fingerprint density at radius 2 is 1.92 bits per heavy atom. The summed E-state index contributed by atoms with van der Waals surface area (Å²) in [7, 11) is 0. The summed E-state index contributed by atoms with van der Waals surface area (Å²) in [6, 6.07) is -0.189. The summed E-state index contributed by atoms with van der Waals surface area (Å²) in [5, 5.41) is 6.74. The molecule has 0 aromatic carbocycles. The number of pyridine rings is 1. The van der Waals surface area contributed by atoms with E-state index in [2.05, 4.69) is 37.0 Å². The van der Waals surface area contributed by atoms with Crippen LogP contribution in [0, 0.1) is 11.8 Å². The molecule has 12 heteroatoms. The van der Waals surface area contributed by atoms with E-state index in [-0.39, 0.29) is 42.2 Å². The lowest BCUT2D eigenvalue weighted by Crippen LogP contribution is -2.61. The van der Waals surface area contributed by atoms with Crippen molar-refractivity contribution < 1.29 is 28.7 Å². The number of amides is 3. The van der Waals surface area contributed by atoms with Crippen LogP contribution >= 0.6 is 15.9 Å². The Labute approximate surface area is 225 Å². The highest BCUT2D eigenvalue weighted by Crippen LogP contribution is 2.15. The van der Waals surface area contributed by atoms with E-state index in [1.807, 2.05) is 13.8 Å². The van der Waals surface area contributed by atoms with Crippen LogP contribution in [0.25, 0.3) is 0 Å². The predicted molar refractivity (Wildman–Crippen MR) is 139 cm³/mol. The molecule has 11 nitrogen and oxygen atoms in total. The maximum Gasteiger partial charge on any atom is 0.340 e. The fourth-order valence-corrected chi connectivity index (χ4v) is 4.18. The van der Waals surface area contributed by atoms with Gasteiger partial charge in [-0.15, -0.1) is 0 Å². The van der Waals surface area contributed by atoms with Crippen molar-refractivity contribution in [1.82, 2.24) is 26.1 Å². The van der Waals surface area contributed by atoms with Gasteiger partial charge in [-0.1, -0.05) is 27.7 Å². The van der Waals surface area contributed by atoms with Crippen molar-refractivity contribution in [3.05, 3.63) is 28.5 Å². The second-order valence-corrected chi connectivity index (χ2v) is 10.6. The number of hydrazine groups is 1. The number of carbonyl (C=O) groups is 5. The molecule has 1 aromatic heterocycles. The Morgan fingerprint density at radius 3 is 2.57 bits per heavy atom. The minimum atomic E-state index is -0.907. The number of halogens is 1. The molecular formula is C25H36BrN5O6. The third-order valence-corrected chi connectivity index (χ3v) is 6.11. The quantitative estimate of drug-likeness (QED) is 0.316. The van der Waals surface area contributed by atoms with Gasteiger partial charge in [-0.3, -0.25) is 29.2 Å². The molecule has 2 heterocycles. The van der Waals surface area contributed by atoms with Crippen molar-refractivity contribution >= 4 is 45.4 Å². The summed E-state index contributed by atoms with van der Waals surface area (Å²) in [6.07, 6.45) is 4.36. The summed E-state index contributed by atoms with van der Waals surface area (Å²) in [4.78, 5) is 66.8. The molecule has 1 saturated heterocycles. The Kier molecular flexibility index (Phi) is 12.1. The molecular weight excluding hydrogens is 546 g/mol. The predicted octanol–water partition coefficient (Wildman–Crippen LogP) is 1.76. The second kappa shape index (κ2) is 14.8. The van der Waals surface area contributed by atoms with Crippen LogP contribution in [0.15, 0.2) is 22.9 Å². The second-order valence-electron chi connectivity index (χ2n) is 9.69. The van der Waals surface area contributed by atoms with Crippen LogP contribution in [0.4, 0.5) is 0 Å². The van der Waals surface area contributed by atoms with E-state index in [0.717, 1.165) is 0 Å². The molecule has 37 heavy (non-hydrogen) atoms. The number of esters is 1. The lowest BCUT2D eigenvalue weighted by Gasteiger charge is -2.36. The van der Waals surface area contributed by atoms with Crippen molar-refractivity contribution in [3.8, 4) is 0 Å². The van der Waals surface area contributed by atoms with Gasteiger partial charge in [0.05, 0.1) is 11.6 Å². The van der Waals surface area contributed by atoms with Crippen LogP contribution < -0.4 is 16.1 Å². The van der Waals surface area contributed by atoms with Gasteiger partial charge in [0.1, 0.15) is 6.04 Å². The molecule has 0 bridgehead atoms. The van der Waals surface area contributed by atoms with E-state index < -0.39 is 36.4 Å². The van der Waals surface area contributed by atoms with Gasteiger partial charge in [0.25, 0.3) is 0 Å². The molecule has 2 rings (SSSR count). The molecule has 0 aliphatic carbocycles. The third kappa shape index (κ3) is 9.84. The van der Waals surface area contributed by atoms with Gasteiger partial charge in [-0.25, -0.2) is 10.2 Å². The monoisotopic (exact) mass is 581 g/mol. The molecule has 3 amide bonds. The van der Waals surface area contributed by atoms with Crippen molar-refractivity contribution in [2.45, 2.75) is 65.5 Å². The first kappa shape index (κ1) is 30.4. The standard InChI is InChI=1S/C25H36BrN5O6/c1-15(2)10-21(33)28-9-7-22(34)31-19(6-5-8-29-31)24(35)30-23(16(3)4)20(32)14-37-25(36)17-11-18(26)13-27-12-17/h11-13,15-16,19,23,29H,5-10,14H2,1-4H3,(H,28,33)(H,30,35)/t19-,23-/m0/s1. The van der Waals surface area contributed by atoms with Crippen LogP contribution in [-0.4, -0.2) is 71.2 Å². The zero-order valence-electron chi connectivity index (χ0n) is 21.7. The van der Waals surface area contributed by atoms with E-state index in [9.17, 15) is 24.0 Å². The lowest BCUT2D eigenvalue weighted by atomic mass is 9.98. The molecule has 2 atom stereocenters. The number of ether oxygens (including phenoxy) is 1. The summed E-state index contributed by atoms with van der Waals surface area (Å²) in [6.45, 7) is 7.59. The summed E-state index contributed by atoms with van der Waals surface area (Å²) >= 11 is 3.22. The topological polar surface area (TPSA) is 147 Å². The highest BCUT2D eigenvalue weighted by Gasteiger charge is 2.35. The highest BCUT2D eigenvalue weighted by atomic mass is 79.9. The zero-order chi connectivity index (χ0) is 27.5. The normalized spacial score (nSPS) is 16.3. The van der Waals surface area contributed by atoms with Crippen LogP contribution in [-0.2, 0) is 23.9 Å². The molecule has 1 aliphatic heterocycles. The third-order valence-electron chi connectivity index (χ3n) is 5.67. The first-order chi connectivity index (χ1) is 17.5. The van der Waals surface area contributed by atoms with Crippen molar-refractivity contribution in [2.24, 2.45) is 11.8 Å². The number of rotatable bonds is 12. The SMILES string of the molecule is CC(C)CC(=O)NCCC(=O)N1NCCC[C@H]1C(=O)N[C@H](C(=O)COC(=O)c1cncc(Br)c1)C(C)C. The van der Waals surface area contributed by atoms with Gasteiger partial charge in [0.15, 0.2) is 12.4 Å². The fraction of sp³-hybridized carbons (Fsp3) is 0.600. The Hall–Kier alpha value is -2.86. The van der Waals surface area contributed by atoms with Crippen LogP contribution in [0.3, 0.4) is 0 Å². The molecule has 204 valence electrons. The molecule has 0 saturated carbocycles. The van der Waals surface area contributed by atoms with Crippen LogP contribution in [0.5, 0.6) is 0 Å². The molecule has 1 fully saturated rings. The number of aromatic nitrogens is 1. The Balaban J connectivity index is 1.95. The number of hydrogen-bond acceptors (Lipinski definition) is 8. The molecule has 3 N–H and O–H groups in total. The molecule has 1 aliphatic rings. The average molecular weight is 582 g/mol. The van der Waals surface area contributed by atoms with E-state index in [0.29, 0.717) is 30.3 Å². The van der Waals surface area contributed by atoms with E-state index in [1.54, 1.807) is 13.8 Å². The summed E-state index contributed by atoms with van der Waals surface area (Å²) < 4.78 is 5.73. The zero-order valence-corrected chi connectivity index (χ0v) is 23.3. The van der Waals surface area contributed by atoms with Gasteiger partial charge in [-0.05, 0) is 46.7 Å². The lowest BCUT2D eigenvalue weighted by molar-refractivity contribution is -0.147. The maximum atomic E-state index is 13.1. The van der Waals surface area contributed by atoms with Gasteiger partial charge in [0, 0.05) is 42.8 Å². The number of ketones is 1. The first-order valence-electron chi connectivity index (χ1n) is 12.4. The molecule has 0 radical (unpaired) electrons. The average Bonchev–Trinajstić information content (AvgIpc) is 2.84. The van der Waals surface area contributed by atoms with Crippen molar-refractivity contribution in [1.29, 1.82) is 0 Å². The van der Waals surface area contributed by atoms with E-state index >= 15 is 0 Å². The maximum absolute atomic E-state index is 13.1. The van der Waals surface area contributed by atoms with E-state index in [1.165, 1.54) is 23.5 Å². The minimum absolute atomic E-state index is 0.0353. The largest absolute Gasteiger partial charge is 0.454 e. The number of carbonyl (C=O) groups excluding carboxylic acids is 5. The Morgan fingerprint density at radius 1 is 1.19 bits per heavy atom. The van der Waals surface area contributed by atoms with Crippen LogP contribution in [0.2, 0.25) is 0 Å². The van der Waals surface area contributed by atoms with Gasteiger partial charge in [0.2, 0.25) is 17.7 Å². The first-order valence-corrected chi connectivity index (χ1v) is 13.2. The molecule has 0 unspecified atom stereocenters. The number of hydrogen-bond donors (Lipinski definition) is 3. The number of nitrogens with one attached hydrogen (secondary N) is 3. The Bertz CT molecular complexity index is 986. The van der Waals surface area contributed by atoms with E-state index in [4.69, 9.17) is 4.74 Å². The van der Waals surface area contributed by atoms with Gasteiger partial charge < -0.3 is 15.4 Å². The van der Waals surface area contributed by atoms with Crippen LogP contribution in [0.1, 0.15) is 63.7 Å².